The average molecular weight is 229 g/mol. The Morgan fingerprint density at radius 3 is 2.44 bits per heavy atom. The van der Waals surface area contributed by atoms with Crippen LogP contribution < -0.4 is 5.32 Å². The Hall–Kier alpha value is -1.00. The van der Waals surface area contributed by atoms with E-state index in [-0.39, 0.29) is 11.6 Å². The molecule has 0 heterocycles. The largest absolute Gasteiger partial charge is 0.385 e. The van der Waals surface area contributed by atoms with Gasteiger partial charge in [0, 0.05) is 25.3 Å². The zero-order valence-electron chi connectivity index (χ0n) is 9.59. The Morgan fingerprint density at radius 1 is 1.31 bits per heavy atom. The van der Waals surface area contributed by atoms with Crippen LogP contribution in [0.3, 0.4) is 0 Å². The van der Waals surface area contributed by atoms with E-state index in [2.05, 4.69) is 5.32 Å². The average Bonchev–Trinajstić information content (AvgIpc) is 2.26. The van der Waals surface area contributed by atoms with Crippen LogP contribution in [0.25, 0.3) is 0 Å². The lowest BCUT2D eigenvalue weighted by molar-refractivity contribution is 0.188. The van der Waals surface area contributed by atoms with Gasteiger partial charge in [0.25, 0.3) is 0 Å². The van der Waals surface area contributed by atoms with Gasteiger partial charge in [-0.2, -0.15) is 0 Å². The number of nitrogens with one attached hydrogen (secondary N) is 1. The summed E-state index contributed by atoms with van der Waals surface area (Å²) >= 11 is 0. The number of ether oxygens (including phenoxy) is 1. The monoisotopic (exact) mass is 229 g/mol. The zero-order chi connectivity index (χ0) is 12.0. The van der Waals surface area contributed by atoms with E-state index in [1.807, 2.05) is 0 Å². The Balaban J connectivity index is 2.78. The number of halogens is 2. The van der Waals surface area contributed by atoms with Crippen molar-refractivity contribution in [2.45, 2.75) is 18.9 Å². The second-order valence-corrected chi connectivity index (χ2v) is 3.61. The normalized spacial score (nSPS) is 12.8. The molecule has 0 bridgehead atoms. The summed E-state index contributed by atoms with van der Waals surface area (Å²) in [5, 5.41) is 2.92. The van der Waals surface area contributed by atoms with Crippen LogP contribution >= 0.6 is 0 Å². The summed E-state index contributed by atoms with van der Waals surface area (Å²) < 4.78 is 31.9. The van der Waals surface area contributed by atoms with Crippen molar-refractivity contribution < 1.29 is 13.5 Å². The molecule has 0 amide bonds. The highest BCUT2D eigenvalue weighted by molar-refractivity contribution is 5.23. The molecule has 0 aliphatic carbocycles. The predicted octanol–water partition coefficient (Wildman–Crippen LogP) is 2.65. The van der Waals surface area contributed by atoms with Crippen LogP contribution in [0.15, 0.2) is 18.2 Å². The van der Waals surface area contributed by atoms with E-state index in [1.54, 1.807) is 14.2 Å². The van der Waals surface area contributed by atoms with Crippen molar-refractivity contribution in [3.05, 3.63) is 35.4 Å². The maximum atomic E-state index is 13.5. The molecular weight excluding hydrogens is 212 g/mol. The molecule has 1 aromatic carbocycles. The SMILES string of the molecule is CNC(CCCOC)c1c(F)cccc1F. The summed E-state index contributed by atoms with van der Waals surface area (Å²) in [5.41, 5.74) is 0.112. The van der Waals surface area contributed by atoms with E-state index in [4.69, 9.17) is 4.74 Å². The number of methoxy groups -OCH3 is 1. The lowest BCUT2D eigenvalue weighted by atomic mass is 10.0. The fourth-order valence-electron chi connectivity index (χ4n) is 1.71. The molecule has 0 radical (unpaired) electrons. The Kier molecular flexibility index (Phi) is 5.35. The maximum absolute atomic E-state index is 13.5. The molecule has 1 atom stereocenters. The van der Waals surface area contributed by atoms with Gasteiger partial charge in [-0.15, -0.1) is 0 Å². The summed E-state index contributed by atoms with van der Waals surface area (Å²) in [5.74, 6) is -1.01. The van der Waals surface area contributed by atoms with Crippen molar-refractivity contribution in [3.63, 3.8) is 0 Å². The van der Waals surface area contributed by atoms with Gasteiger partial charge >= 0.3 is 0 Å². The van der Waals surface area contributed by atoms with Crippen molar-refractivity contribution in [1.82, 2.24) is 5.32 Å². The first-order valence-corrected chi connectivity index (χ1v) is 5.30. The maximum Gasteiger partial charge on any atom is 0.130 e. The number of rotatable bonds is 6. The fraction of sp³-hybridized carbons (Fsp3) is 0.500. The van der Waals surface area contributed by atoms with E-state index in [0.29, 0.717) is 13.0 Å². The van der Waals surface area contributed by atoms with Gasteiger partial charge in [0.05, 0.1) is 0 Å². The van der Waals surface area contributed by atoms with Crippen LogP contribution in [-0.2, 0) is 4.74 Å². The molecule has 0 saturated heterocycles. The van der Waals surface area contributed by atoms with Crippen molar-refractivity contribution in [2.24, 2.45) is 0 Å². The highest BCUT2D eigenvalue weighted by Crippen LogP contribution is 2.24. The topological polar surface area (TPSA) is 21.3 Å². The van der Waals surface area contributed by atoms with Gasteiger partial charge in [-0.25, -0.2) is 8.78 Å². The molecule has 1 rings (SSSR count). The molecule has 4 heteroatoms. The van der Waals surface area contributed by atoms with Crippen molar-refractivity contribution in [3.8, 4) is 0 Å². The third kappa shape index (κ3) is 3.25. The summed E-state index contributed by atoms with van der Waals surface area (Å²) in [6.45, 7) is 0.592. The highest BCUT2D eigenvalue weighted by Gasteiger charge is 2.17. The molecule has 0 aliphatic heterocycles. The Labute approximate surface area is 94.6 Å². The minimum atomic E-state index is -0.503. The molecule has 0 spiro atoms. The molecule has 1 unspecified atom stereocenters. The van der Waals surface area contributed by atoms with Crippen LogP contribution in [0.2, 0.25) is 0 Å². The van der Waals surface area contributed by atoms with Gasteiger partial charge in [-0.3, -0.25) is 0 Å². The molecule has 0 fully saturated rings. The van der Waals surface area contributed by atoms with Crippen LogP contribution in [-0.4, -0.2) is 20.8 Å². The zero-order valence-corrected chi connectivity index (χ0v) is 9.59. The van der Waals surface area contributed by atoms with Crippen LogP contribution in [0, 0.1) is 11.6 Å². The van der Waals surface area contributed by atoms with Crippen molar-refractivity contribution >= 4 is 0 Å². The van der Waals surface area contributed by atoms with E-state index in [9.17, 15) is 8.78 Å². The van der Waals surface area contributed by atoms with E-state index in [1.165, 1.54) is 18.2 Å². The smallest absolute Gasteiger partial charge is 0.130 e. The first kappa shape index (κ1) is 13.1. The van der Waals surface area contributed by atoms with Gasteiger partial charge in [-0.1, -0.05) is 6.07 Å². The fourth-order valence-corrected chi connectivity index (χ4v) is 1.71. The summed E-state index contributed by atoms with van der Waals surface area (Å²) in [6, 6.07) is 3.62. The van der Waals surface area contributed by atoms with Crippen molar-refractivity contribution in [1.29, 1.82) is 0 Å². The minimum absolute atomic E-state index is 0.112. The summed E-state index contributed by atoms with van der Waals surface area (Å²) in [7, 11) is 3.31. The number of hydrogen-bond donors (Lipinski definition) is 1. The molecule has 1 aromatic rings. The molecule has 0 aromatic heterocycles. The predicted molar refractivity (Wildman–Crippen MR) is 59.3 cm³/mol. The minimum Gasteiger partial charge on any atom is -0.385 e. The molecule has 16 heavy (non-hydrogen) atoms. The van der Waals surface area contributed by atoms with Gasteiger partial charge in [0.15, 0.2) is 0 Å². The lowest BCUT2D eigenvalue weighted by Gasteiger charge is -2.17. The summed E-state index contributed by atoms with van der Waals surface area (Å²) in [4.78, 5) is 0. The molecular formula is C12H17F2NO. The van der Waals surface area contributed by atoms with Gasteiger partial charge < -0.3 is 10.1 Å². The standard InChI is InChI=1S/C12H17F2NO/c1-15-11(7-4-8-16-2)12-9(13)5-3-6-10(12)14/h3,5-6,11,15H,4,7-8H2,1-2H3. The van der Waals surface area contributed by atoms with Crippen molar-refractivity contribution in [2.75, 3.05) is 20.8 Å². The highest BCUT2D eigenvalue weighted by atomic mass is 19.1. The third-order valence-corrected chi connectivity index (χ3v) is 2.54. The first-order chi connectivity index (χ1) is 7.70. The molecule has 1 N–H and O–H groups in total. The second kappa shape index (κ2) is 6.55. The van der Waals surface area contributed by atoms with E-state index >= 15 is 0 Å². The van der Waals surface area contributed by atoms with Crippen LogP contribution in [0.5, 0.6) is 0 Å². The van der Waals surface area contributed by atoms with Crippen LogP contribution in [0.1, 0.15) is 24.4 Å². The number of benzene rings is 1. The molecule has 0 aliphatic rings. The molecule has 90 valence electrons. The number of hydrogen-bond acceptors (Lipinski definition) is 2. The first-order valence-electron chi connectivity index (χ1n) is 5.30. The van der Waals surface area contributed by atoms with Gasteiger partial charge in [0.1, 0.15) is 11.6 Å². The molecule has 0 saturated carbocycles. The Morgan fingerprint density at radius 2 is 1.94 bits per heavy atom. The second-order valence-electron chi connectivity index (χ2n) is 3.61. The Bertz CT molecular complexity index is 311. The summed E-state index contributed by atoms with van der Waals surface area (Å²) in [6.07, 6.45) is 1.40. The van der Waals surface area contributed by atoms with E-state index in [0.717, 1.165) is 6.42 Å². The van der Waals surface area contributed by atoms with E-state index < -0.39 is 11.6 Å². The third-order valence-electron chi connectivity index (χ3n) is 2.54. The molecule has 2 nitrogen and oxygen atoms in total. The van der Waals surface area contributed by atoms with Gasteiger partial charge in [-0.05, 0) is 32.0 Å². The lowest BCUT2D eigenvalue weighted by Crippen LogP contribution is -2.19. The van der Waals surface area contributed by atoms with Crippen LogP contribution in [0.4, 0.5) is 8.78 Å². The quantitative estimate of drug-likeness (QED) is 0.757. The van der Waals surface area contributed by atoms with Gasteiger partial charge in [0.2, 0.25) is 0 Å².